The molecule has 1 aliphatic carbocycles. The molecule has 104 valence electrons. The Labute approximate surface area is 123 Å². The summed E-state index contributed by atoms with van der Waals surface area (Å²) in [5, 5.41) is 5.81. The molecule has 1 saturated heterocycles. The van der Waals surface area contributed by atoms with Gasteiger partial charge >= 0.3 is 6.03 Å². The molecule has 2 fully saturated rings. The average molecular weight is 309 g/mol. The number of halogens is 1. The van der Waals surface area contributed by atoms with Crippen LogP contribution in [0.15, 0.2) is 0 Å². The van der Waals surface area contributed by atoms with Crippen LogP contribution in [0, 0.1) is 0 Å². The summed E-state index contributed by atoms with van der Waals surface area (Å²) in [4.78, 5) is 11.5. The first-order valence-corrected chi connectivity index (χ1v) is 9.13. The van der Waals surface area contributed by atoms with E-state index in [1.165, 1.54) is 30.8 Å². The number of alkyl halides is 1. The van der Waals surface area contributed by atoms with Crippen molar-refractivity contribution in [2.45, 2.75) is 42.2 Å². The van der Waals surface area contributed by atoms with Gasteiger partial charge in [-0.3, -0.25) is 0 Å². The van der Waals surface area contributed by atoms with Crippen molar-refractivity contribution in [2.75, 3.05) is 23.9 Å². The van der Waals surface area contributed by atoms with Crippen molar-refractivity contribution in [3.05, 3.63) is 0 Å². The van der Waals surface area contributed by atoms with Crippen LogP contribution in [-0.4, -0.2) is 40.1 Å². The zero-order valence-corrected chi connectivity index (χ0v) is 12.9. The van der Waals surface area contributed by atoms with Crippen molar-refractivity contribution < 1.29 is 4.79 Å². The lowest BCUT2D eigenvalue weighted by Crippen LogP contribution is -2.46. The first kappa shape index (κ1) is 14.7. The van der Waals surface area contributed by atoms with E-state index in [4.69, 9.17) is 11.6 Å². The van der Waals surface area contributed by atoms with Crippen molar-refractivity contribution in [1.82, 2.24) is 10.6 Å². The van der Waals surface area contributed by atoms with E-state index < -0.39 is 0 Å². The zero-order chi connectivity index (χ0) is 12.8. The molecule has 0 aromatic rings. The maximum Gasteiger partial charge on any atom is 0.315 e. The summed E-state index contributed by atoms with van der Waals surface area (Å²) in [6.07, 6.45) is 6.01. The second-order valence-electron chi connectivity index (χ2n) is 4.82. The van der Waals surface area contributed by atoms with Gasteiger partial charge in [0.25, 0.3) is 0 Å². The number of carbonyl (C=O) groups excluding carboxylic acids is 1. The predicted molar refractivity (Wildman–Crippen MR) is 81.8 cm³/mol. The van der Waals surface area contributed by atoms with Crippen molar-refractivity contribution in [3.8, 4) is 0 Å². The molecule has 1 spiro atoms. The summed E-state index contributed by atoms with van der Waals surface area (Å²) in [6.45, 7) is 0.537. The Hall–Kier alpha value is 0.260. The maximum absolute atomic E-state index is 11.5. The molecule has 18 heavy (non-hydrogen) atoms. The van der Waals surface area contributed by atoms with Crippen molar-refractivity contribution in [2.24, 2.45) is 0 Å². The Morgan fingerprint density at radius 2 is 1.94 bits per heavy atom. The van der Waals surface area contributed by atoms with Gasteiger partial charge in [0, 0.05) is 18.5 Å². The van der Waals surface area contributed by atoms with E-state index in [0.29, 0.717) is 22.5 Å². The summed E-state index contributed by atoms with van der Waals surface area (Å²) in [7, 11) is 0. The Balaban J connectivity index is 1.71. The van der Waals surface area contributed by atoms with E-state index in [9.17, 15) is 4.79 Å². The zero-order valence-electron chi connectivity index (χ0n) is 10.5. The molecule has 1 aliphatic heterocycles. The fourth-order valence-corrected chi connectivity index (χ4v) is 5.99. The first-order valence-electron chi connectivity index (χ1n) is 6.62. The number of rotatable bonds is 3. The van der Waals surface area contributed by atoms with E-state index in [-0.39, 0.29) is 6.03 Å². The van der Waals surface area contributed by atoms with Crippen LogP contribution < -0.4 is 10.6 Å². The predicted octanol–water partition coefficient (Wildman–Crippen LogP) is 3.03. The molecular weight excluding hydrogens is 288 g/mol. The quantitative estimate of drug-likeness (QED) is 0.787. The van der Waals surface area contributed by atoms with Crippen LogP contribution in [-0.2, 0) is 0 Å². The van der Waals surface area contributed by atoms with E-state index in [1.54, 1.807) is 0 Å². The lowest BCUT2D eigenvalue weighted by Gasteiger charge is -2.41. The van der Waals surface area contributed by atoms with E-state index >= 15 is 0 Å². The van der Waals surface area contributed by atoms with Gasteiger partial charge in [0.15, 0.2) is 0 Å². The molecular formula is C12H21ClN2OS2. The molecule has 2 N–H and O–H groups in total. The molecule has 0 unspecified atom stereocenters. The SMILES string of the molecule is O=C(NCCCl)NC1CCC2(CC1)SCCCS2. The van der Waals surface area contributed by atoms with Crippen molar-refractivity contribution in [1.29, 1.82) is 0 Å². The third-order valence-corrected chi connectivity index (χ3v) is 7.23. The highest BCUT2D eigenvalue weighted by Crippen LogP contribution is 2.51. The molecule has 1 saturated carbocycles. The summed E-state index contributed by atoms with van der Waals surface area (Å²) < 4.78 is 0.461. The Morgan fingerprint density at radius 1 is 1.28 bits per heavy atom. The normalized spacial score (nSPS) is 23.8. The molecule has 1 heterocycles. The highest BCUT2D eigenvalue weighted by molar-refractivity contribution is 8.18. The van der Waals surface area contributed by atoms with Crippen LogP contribution in [0.4, 0.5) is 4.79 Å². The number of hydrogen-bond donors (Lipinski definition) is 2. The largest absolute Gasteiger partial charge is 0.337 e. The van der Waals surface area contributed by atoms with Crippen LogP contribution in [0.5, 0.6) is 0 Å². The molecule has 2 rings (SSSR count). The number of amides is 2. The molecule has 6 heteroatoms. The highest BCUT2D eigenvalue weighted by Gasteiger charge is 2.37. The fraction of sp³-hybridized carbons (Fsp3) is 0.917. The van der Waals surface area contributed by atoms with Gasteiger partial charge < -0.3 is 10.6 Å². The molecule has 3 nitrogen and oxygen atoms in total. The summed E-state index contributed by atoms with van der Waals surface area (Å²) in [5.74, 6) is 3.08. The van der Waals surface area contributed by atoms with Crippen LogP contribution in [0.25, 0.3) is 0 Å². The van der Waals surface area contributed by atoms with Crippen molar-refractivity contribution in [3.63, 3.8) is 0 Å². The van der Waals surface area contributed by atoms with Gasteiger partial charge in [-0.15, -0.1) is 35.1 Å². The average Bonchev–Trinajstić information content (AvgIpc) is 2.40. The standard InChI is InChI=1S/C12H21ClN2OS2/c13-6-7-14-11(16)15-10-2-4-12(5-3-10)17-8-1-9-18-12/h10H,1-9H2,(H2,14,15,16). The minimum atomic E-state index is -0.0689. The number of nitrogens with one attached hydrogen (secondary N) is 2. The molecule has 2 aliphatic rings. The van der Waals surface area contributed by atoms with Gasteiger partial charge in [0.05, 0.1) is 4.08 Å². The smallest absolute Gasteiger partial charge is 0.315 e. The van der Waals surface area contributed by atoms with Gasteiger partial charge in [-0.1, -0.05) is 0 Å². The van der Waals surface area contributed by atoms with Gasteiger partial charge in [0.2, 0.25) is 0 Å². The van der Waals surface area contributed by atoms with E-state index in [2.05, 4.69) is 34.2 Å². The monoisotopic (exact) mass is 308 g/mol. The summed E-state index contributed by atoms with van der Waals surface area (Å²) >= 11 is 9.81. The van der Waals surface area contributed by atoms with Gasteiger partial charge in [-0.25, -0.2) is 4.79 Å². The minimum absolute atomic E-state index is 0.0689. The number of carbonyl (C=O) groups is 1. The fourth-order valence-electron chi connectivity index (χ4n) is 2.50. The van der Waals surface area contributed by atoms with Crippen LogP contribution in [0.2, 0.25) is 0 Å². The van der Waals surface area contributed by atoms with Gasteiger partial charge in [-0.2, -0.15) is 0 Å². The second kappa shape index (κ2) is 7.15. The van der Waals surface area contributed by atoms with E-state index in [0.717, 1.165) is 12.8 Å². The number of thioether (sulfide) groups is 2. The number of hydrogen-bond acceptors (Lipinski definition) is 3. The van der Waals surface area contributed by atoms with E-state index in [1.807, 2.05) is 0 Å². The van der Waals surface area contributed by atoms with Crippen LogP contribution >= 0.6 is 35.1 Å². The van der Waals surface area contributed by atoms with Crippen molar-refractivity contribution >= 4 is 41.2 Å². The summed E-state index contributed by atoms with van der Waals surface area (Å²) in [5.41, 5.74) is 0. The van der Waals surface area contributed by atoms with Gasteiger partial charge in [0.1, 0.15) is 0 Å². The number of urea groups is 1. The molecule has 0 aromatic carbocycles. The molecule has 0 aromatic heterocycles. The van der Waals surface area contributed by atoms with Gasteiger partial charge in [-0.05, 0) is 43.6 Å². The minimum Gasteiger partial charge on any atom is -0.337 e. The third-order valence-electron chi connectivity index (χ3n) is 3.48. The molecule has 0 atom stereocenters. The Morgan fingerprint density at radius 3 is 2.56 bits per heavy atom. The lowest BCUT2D eigenvalue weighted by molar-refractivity contribution is 0.233. The first-order chi connectivity index (χ1) is 8.74. The lowest BCUT2D eigenvalue weighted by atomic mass is 9.94. The second-order valence-corrected chi connectivity index (χ2v) is 8.42. The third kappa shape index (κ3) is 4.14. The molecule has 2 amide bonds. The topological polar surface area (TPSA) is 41.1 Å². The van der Waals surface area contributed by atoms with Crippen LogP contribution in [0.3, 0.4) is 0 Å². The molecule has 0 bridgehead atoms. The summed E-state index contributed by atoms with van der Waals surface area (Å²) in [6, 6.07) is 0.273. The Bertz CT molecular complexity index is 275. The van der Waals surface area contributed by atoms with Crippen LogP contribution in [0.1, 0.15) is 32.1 Å². The Kier molecular flexibility index (Phi) is 5.83. The maximum atomic E-state index is 11.5. The highest BCUT2D eigenvalue weighted by atomic mass is 35.5. The molecule has 0 radical (unpaired) electrons.